The Kier molecular flexibility index (Phi) is 4.54. The van der Waals surface area contributed by atoms with Crippen LogP contribution in [0.5, 0.6) is 0 Å². The van der Waals surface area contributed by atoms with Gasteiger partial charge in [0.2, 0.25) is 0 Å². The monoisotopic (exact) mass is 397 g/mol. The summed E-state index contributed by atoms with van der Waals surface area (Å²) in [5.74, 6) is 0. The van der Waals surface area contributed by atoms with Crippen molar-refractivity contribution in [1.82, 2.24) is 0 Å². The molecule has 3 rings (SSSR count). The molecule has 0 saturated carbocycles. The zero-order valence-electron chi connectivity index (χ0n) is 13.6. The molecule has 0 spiro atoms. The van der Waals surface area contributed by atoms with Crippen molar-refractivity contribution in [2.75, 3.05) is 13.2 Å². The second-order valence-corrected chi connectivity index (χ2v) is 12.4. The summed E-state index contributed by atoms with van der Waals surface area (Å²) in [4.78, 5) is 0.127. The van der Waals surface area contributed by atoms with Crippen LogP contribution in [0, 0.1) is 0 Å². The van der Waals surface area contributed by atoms with Gasteiger partial charge in [0.15, 0.2) is 9.92 Å². The van der Waals surface area contributed by atoms with Gasteiger partial charge in [-0.2, -0.15) is 8.39 Å². The van der Waals surface area contributed by atoms with Crippen LogP contribution in [-0.4, -0.2) is 17.4 Å². The number of halogens is 2. The fourth-order valence-corrected chi connectivity index (χ4v) is 9.51. The number of rotatable bonds is 1. The second-order valence-electron chi connectivity index (χ2n) is 6.49. The molecule has 24 heavy (non-hydrogen) atoms. The third kappa shape index (κ3) is 3.65. The first kappa shape index (κ1) is 18.2. The van der Waals surface area contributed by atoms with Crippen molar-refractivity contribution in [2.24, 2.45) is 12.8 Å². The molecule has 0 saturated heterocycles. The lowest BCUT2D eigenvalue weighted by Gasteiger charge is -2.24. The average molecular weight is 397 g/mol. The highest BCUT2D eigenvalue weighted by atomic mass is 32.2. The molecule has 2 aliphatic heterocycles. The van der Waals surface area contributed by atoms with Gasteiger partial charge in [0.05, 0.1) is 18.1 Å². The maximum absolute atomic E-state index is 14.8. The molecular weight excluding hydrogens is 378 g/mol. The molecule has 0 aromatic heterocycles. The Hall–Kier alpha value is -0.590. The minimum atomic E-state index is -4.35. The molecular formula is C13H19F2N3O3P2S. The summed E-state index contributed by atoms with van der Waals surface area (Å²) in [5.41, 5.74) is 0.881. The lowest BCUT2D eigenvalue weighted by molar-refractivity contribution is 0.246. The summed E-state index contributed by atoms with van der Waals surface area (Å²) in [5, 5.41) is 0. The van der Waals surface area contributed by atoms with Gasteiger partial charge in [-0.25, -0.2) is 4.21 Å². The van der Waals surface area contributed by atoms with Crippen LogP contribution in [0.25, 0.3) is 0 Å². The van der Waals surface area contributed by atoms with E-state index in [0.29, 0.717) is 6.42 Å². The van der Waals surface area contributed by atoms with Crippen molar-refractivity contribution in [3.63, 3.8) is 0 Å². The Morgan fingerprint density at radius 2 is 1.67 bits per heavy atom. The van der Waals surface area contributed by atoms with Crippen molar-refractivity contribution in [3.8, 4) is 0 Å². The van der Waals surface area contributed by atoms with E-state index in [1.807, 2.05) is 20.8 Å². The summed E-state index contributed by atoms with van der Waals surface area (Å²) in [6.45, 7) is 6.05. The molecule has 2 heterocycles. The normalized spacial score (nSPS) is 36.5. The van der Waals surface area contributed by atoms with Gasteiger partial charge in [-0.1, -0.05) is 32.9 Å². The van der Waals surface area contributed by atoms with E-state index in [1.54, 1.807) is 12.1 Å². The van der Waals surface area contributed by atoms with Crippen LogP contribution in [0.2, 0.25) is 0 Å². The predicted octanol–water partition coefficient (Wildman–Crippen LogP) is 6.01. The molecule has 1 aromatic rings. The van der Waals surface area contributed by atoms with Gasteiger partial charge in [0.1, 0.15) is 0 Å². The molecule has 0 unspecified atom stereocenters. The Morgan fingerprint density at radius 1 is 1.08 bits per heavy atom. The van der Waals surface area contributed by atoms with Crippen LogP contribution < -0.4 is 0 Å². The van der Waals surface area contributed by atoms with Gasteiger partial charge in [-0.05, 0) is 29.5 Å². The van der Waals surface area contributed by atoms with Crippen LogP contribution in [0.3, 0.4) is 0 Å². The van der Waals surface area contributed by atoms with Crippen LogP contribution in [0.15, 0.2) is 42.0 Å². The van der Waals surface area contributed by atoms with Gasteiger partial charge < -0.3 is 9.05 Å². The quantitative estimate of drug-likeness (QED) is 0.545. The Labute approximate surface area is 140 Å². The summed E-state index contributed by atoms with van der Waals surface area (Å²) >= 11 is 0. The zero-order valence-corrected chi connectivity index (χ0v) is 16.2. The van der Waals surface area contributed by atoms with Crippen LogP contribution in [0.4, 0.5) is 8.39 Å². The van der Waals surface area contributed by atoms with Crippen LogP contribution in [0.1, 0.15) is 32.8 Å². The topological polar surface area (TPSA) is 72.6 Å². The first-order chi connectivity index (χ1) is 11.0. The number of hydrogen-bond donors (Lipinski definition) is 0. The van der Waals surface area contributed by atoms with Gasteiger partial charge in [0, 0.05) is 0 Å². The maximum Gasteiger partial charge on any atom is 0.393 e. The van der Waals surface area contributed by atoms with E-state index in [2.05, 4.69) is 12.8 Å². The van der Waals surface area contributed by atoms with Gasteiger partial charge >= 0.3 is 15.5 Å². The van der Waals surface area contributed by atoms with Crippen LogP contribution >= 0.6 is 15.5 Å². The third-order valence-corrected chi connectivity index (χ3v) is 10.5. The highest BCUT2D eigenvalue weighted by Crippen LogP contribution is 2.72. The molecule has 0 N–H and O–H groups in total. The molecule has 2 aliphatic rings. The fraction of sp³-hybridized carbons (Fsp3) is 0.538. The van der Waals surface area contributed by atoms with Gasteiger partial charge in [0.25, 0.3) is 0 Å². The van der Waals surface area contributed by atoms with E-state index < -0.39 is 25.4 Å². The summed E-state index contributed by atoms with van der Waals surface area (Å²) in [7, 11) is -12.4. The van der Waals surface area contributed by atoms with Crippen molar-refractivity contribution < 1.29 is 21.7 Å². The zero-order chi connectivity index (χ0) is 17.6. The molecule has 2 bridgehead atoms. The Morgan fingerprint density at radius 3 is 2.25 bits per heavy atom. The summed E-state index contributed by atoms with van der Waals surface area (Å²) < 4.78 is 63.1. The average Bonchev–Trinajstić information content (AvgIpc) is 2.43. The molecule has 3 atom stereocenters. The molecule has 134 valence electrons. The molecule has 1 aromatic carbocycles. The van der Waals surface area contributed by atoms with Gasteiger partial charge in [-0.15, -0.1) is 12.8 Å². The molecule has 11 heteroatoms. The Balaban J connectivity index is 2.15. The van der Waals surface area contributed by atoms with Crippen molar-refractivity contribution >= 4 is 25.4 Å². The summed E-state index contributed by atoms with van der Waals surface area (Å²) in [6, 6.07) is 6.56. The highest BCUT2D eigenvalue weighted by molar-refractivity contribution is 7.99. The SMILES string of the molecule is CC(C)(C)c1ccc([S@]2(=O)=N[P@]3(F)=N[P@](F)(=N2)OCCCO3)cc1. The van der Waals surface area contributed by atoms with Crippen molar-refractivity contribution in [2.45, 2.75) is 37.5 Å². The molecule has 0 amide bonds. The fourth-order valence-electron chi connectivity index (χ4n) is 2.20. The largest absolute Gasteiger partial charge is 0.393 e. The first-order valence-electron chi connectivity index (χ1n) is 7.39. The highest BCUT2D eigenvalue weighted by Gasteiger charge is 2.39. The molecule has 0 aliphatic carbocycles. The van der Waals surface area contributed by atoms with E-state index in [9.17, 15) is 12.6 Å². The standard InChI is InChI=1S/C13H19F2N3O3P2S/c1-13(2,3)11-5-7-12(8-6-11)24(19)17-22(14)16-23(15,18-24)21-10-4-9-20-22/h5-8H,4,9-10H2,1-3H3/t22-,23+,24-. The molecule has 0 fully saturated rings. The third-order valence-electron chi connectivity index (χ3n) is 3.47. The lowest BCUT2D eigenvalue weighted by atomic mass is 9.87. The van der Waals surface area contributed by atoms with E-state index in [1.165, 1.54) is 12.1 Å². The lowest BCUT2D eigenvalue weighted by Crippen LogP contribution is -2.11. The molecule has 0 radical (unpaired) electrons. The first-order valence-corrected chi connectivity index (χ1v) is 11.9. The minimum Gasteiger partial charge on any atom is -0.303 e. The predicted molar refractivity (Wildman–Crippen MR) is 91.4 cm³/mol. The Bertz CT molecular complexity index is 875. The van der Waals surface area contributed by atoms with Crippen LogP contribution in [-0.2, 0) is 24.4 Å². The van der Waals surface area contributed by atoms with Crippen molar-refractivity contribution in [3.05, 3.63) is 29.8 Å². The smallest absolute Gasteiger partial charge is 0.303 e. The number of hydrogen-bond acceptors (Lipinski definition) is 5. The van der Waals surface area contributed by atoms with E-state index in [-0.39, 0.29) is 23.5 Å². The van der Waals surface area contributed by atoms with E-state index in [0.717, 1.165) is 5.56 Å². The van der Waals surface area contributed by atoms with E-state index >= 15 is 0 Å². The number of nitrogens with zero attached hydrogens (tertiary/aromatic N) is 3. The van der Waals surface area contributed by atoms with Crippen molar-refractivity contribution in [1.29, 1.82) is 0 Å². The van der Waals surface area contributed by atoms with E-state index in [4.69, 9.17) is 9.05 Å². The molecule has 6 nitrogen and oxygen atoms in total. The summed E-state index contributed by atoms with van der Waals surface area (Å²) in [6.07, 6.45) is 0.305. The second kappa shape index (κ2) is 5.99. The maximum atomic E-state index is 14.8. The number of fused-ring (bicyclic) bond motifs is 1. The van der Waals surface area contributed by atoms with Gasteiger partial charge in [-0.3, -0.25) is 0 Å². The minimum absolute atomic E-state index is 0.0181. The number of benzene rings is 1.